The van der Waals surface area contributed by atoms with Gasteiger partial charge in [-0.25, -0.2) is 13.2 Å². The molecule has 0 aliphatic heterocycles. The summed E-state index contributed by atoms with van der Waals surface area (Å²) in [5.41, 5.74) is 0.0741. The topological polar surface area (TPSA) is 80.8 Å². The van der Waals surface area contributed by atoms with Crippen molar-refractivity contribution in [3.05, 3.63) is 60.2 Å². The lowest BCUT2D eigenvalue weighted by Gasteiger charge is -2.55. The summed E-state index contributed by atoms with van der Waals surface area (Å²) in [6.45, 7) is -0.298. The van der Waals surface area contributed by atoms with Crippen molar-refractivity contribution in [3.63, 3.8) is 0 Å². The van der Waals surface area contributed by atoms with Gasteiger partial charge in [0.1, 0.15) is 4.90 Å². The monoisotopic (exact) mass is 467 g/mol. The number of benzene rings is 2. The summed E-state index contributed by atoms with van der Waals surface area (Å²) in [4.78, 5) is 26.0. The van der Waals surface area contributed by atoms with Gasteiger partial charge in [-0.1, -0.05) is 30.3 Å². The maximum absolute atomic E-state index is 13.3. The summed E-state index contributed by atoms with van der Waals surface area (Å²) in [5.74, 6) is 1.08. The van der Waals surface area contributed by atoms with E-state index in [4.69, 9.17) is 4.74 Å². The van der Waals surface area contributed by atoms with Gasteiger partial charge in [0, 0.05) is 12.5 Å². The third-order valence-electron chi connectivity index (χ3n) is 7.83. The van der Waals surface area contributed by atoms with Crippen LogP contribution in [0.3, 0.4) is 0 Å². The quantitative estimate of drug-likeness (QED) is 0.562. The third kappa shape index (κ3) is 3.97. The molecule has 0 amide bonds. The lowest BCUT2D eigenvalue weighted by atomic mass is 9.48. The van der Waals surface area contributed by atoms with Crippen molar-refractivity contribution in [1.82, 2.24) is 0 Å². The molecule has 0 unspecified atom stereocenters. The highest BCUT2D eigenvalue weighted by Gasteiger charge is 2.54. The van der Waals surface area contributed by atoms with E-state index in [1.165, 1.54) is 38.4 Å². The van der Waals surface area contributed by atoms with Gasteiger partial charge in [0.25, 0.3) is 10.0 Å². The highest BCUT2D eigenvalue weighted by molar-refractivity contribution is 7.92. The number of nitrogens with zero attached hydrogens (tertiary/aromatic N) is 1. The van der Waals surface area contributed by atoms with Crippen LogP contribution in [0.1, 0.15) is 48.9 Å². The van der Waals surface area contributed by atoms with Crippen molar-refractivity contribution in [2.45, 2.75) is 43.4 Å². The van der Waals surface area contributed by atoms with E-state index >= 15 is 0 Å². The molecule has 0 aromatic heterocycles. The van der Waals surface area contributed by atoms with E-state index < -0.39 is 16.0 Å². The van der Waals surface area contributed by atoms with Crippen LogP contribution in [-0.4, -0.2) is 33.8 Å². The third-order valence-corrected chi connectivity index (χ3v) is 9.67. The number of ketones is 1. The molecule has 2 aromatic rings. The first kappa shape index (κ1) is 22.1. The minimum Gasteiger partial charge on any atom is -0.454 e. The second-order valence-electron chi connectivity index (χ2n) is 10.0. The number of esters is 1. The molecule has 4 saturated carbocycles. The molecular weight excluding hydrogens is 438 g/mol. The Bertz CT molecular complexity index is 1140. The van der Waals surface area contributed by atoms with E-state index in [9.17, 15) is 18.0 Å². The zero-order valence-corrected chi connectivity index (χ0v) is 19.6. The van der Waals surface area contributed by atoms with E-state index in [0.717, 1.165) is 23.6 Å². The minimum atomic E-state index is -4.00. The molecule has 174 valence electrons. The Morgan fingerprint density at radius 3 is 2.06 bits per heavy atom. The molecular formula is C26H29NO5S. The number of hydrogen-bond acceptors (Lipinski definition) is 5. The molecule has 4 fully saturated rings. The Balaban J connectivity index is 1.33. The van der Waals surface area contributed by atoms with Gasteiger partial charge in [0.15, 0.2) is 12.4 Å². The fourth-order valence-corrected chi connectivity index (χ4v) is 7.97. The smallest absolute Gasteiger partial charge is 0.339 e. The first-order valence-corrected chi connectivity index (χ1v) is 13.1. The first-order valence-electron chi connectivity index (χ1n) is 11.6. The number of para-hydroxylation sites is 1. The predicted molar refractivity (Wildman–Crippen MR) is 124 cm³/mol. The van der Waals surface area contributed by atoms with Crippen LogP contribution in [0.4, 0.5) is 5.69 Å². The van der Waals surface area contributed by atoms with E-state index in [1.807, 2.05) is 0 Å². The Morgan fingerprint density at radius 2 is 1.45 bits per heavy atom. The molecule has 6 nitrogen and oxygen atoms in total. The molecule has 0 saturated heterocycles. The molecule has 33 heavy (non-hydrogen) atoms. The SMILES string of the molecule is CN(c1ccccc1)S(=O)(=O)c1ccccc1C(=O)OCC(=O)C12CC3CC(CC(C3)C1)C2. The summed E-state index contributed by atoms with van der Waals surface area (Å²) in [5, 5.41) is 0. The molecule has 2 aromatic carbocycles. The van der Waals surface area contributed by atoms with Crippen LogP contribution in [0.25, 0.3) is 0 Å². The Hall–Kier alpha value is -2.67. The van der Waals surface area contributed by atoms with Crippen molar-refractivity contribution in [2.75, 3.05) is 18.0 Å². The number of carbonyl (C=O) groups is 2. The largest absolute Gasteiger partial charge is 0.454 e. The van der Waals surface area contributed by atoms with Gasteiger partial charge in [-0.3, -0.25) is 9.10 Å². The van der Waals surface area contributed by atoms with E-state index in [-0.39, 0.29) is 28.3 Å². The Labute approximate surface area is 195 Å². The van der Waals surface area contributed by atoms with E-state index in [0.29, 0.717) is 23.4 Å². The number of carbonyl (C=O) groups excluding carboxylic acids is 2. The average Bonchev–Trinajstić information content (AvgIpc) is 2.81. The van der Waals surface area contributed by atoms with Crippen molar-refractivity contribution >= 4 is 27.5 Å². The van der Waals surface area contributed by atoms with Crippen LogP contribution in [-0.2, 0) is 19.6 Å². The summed E-state index contributed by atoms with van der Waals surface area (Å²) in [7, 11) is -2.55. The fraction of sp³-hybridized carbons (Fsp3) is 0.462. The minimum absolute atomic E-state index is 0.00306. The zero-order chi connectivity index (χ0) is 23.2. The summed E-state index contributed by atoms with van der Waals surface area (Å²) >= 11 is 0. The van der Waals surface area contributed by atoms with Gasteiger partial charge >= 0.3 is 5.97 Å². The second-order valence-corrected chi connectivity index (χ2v) is 11.9. The Morgan fingerprint density at radius 1 is 0.909 bits per heavy atom. The second kappa shape index (κ2) is 8.28. The van der Waals surface area contributed by atoms with Crippen LogP contribution in [0.2, 0.25) is 0 Å². The molecule has 0 spiro atoms. The van der Waals surface area contributed by atoms with Gasteiger partial charge in [0.2, 0.25) is 0 Å². The van der Waals surface area contributed by atoms with Gasteiger partial charge in [0.05, 0.1) is 11.3 Å². The van der Waals surface area contributed by atoms with E-state index in [1.54, 1.807) is 42.5 Å². The normalized spacial score (nSPS) is 27.8. The lowest BCUT2D eigenvalue weighted by molar-refractivity contribution is -0.147. The number of Topliss-reactive ketones (excluding diaryl/α,β-unsaturated/α-hetero) is 1. The van der Waals surface area contributed by atoms with Crippen molar-refractivity contribution in [2.24, 2.45) is 23.2 Å². The molecule has 7 heteroatoms. The van der Waals surface area contributed by atoms with Gasteiger partial charge in [-0.15, -0.1) is 0 Å². The number of anilines is 1. The molecule has 4 bridgehead atoms. The zero-order valence-electron chi connectivity index (χ0n) is 18.8. The van der Waals surface area contributed by atoms with Crippen LogP contribution in [0.15, 0.2) is 59.5 Å². The average molecular weight is 468 g/mol. The van der Waals surface area contributed by atoms with Crippen molar-refractivity contribution in [1.29, 1.82) is 0 Å². The van der Waals surface area contributed by atoms with Crippen LogP contribution < -0.4 is 4.31 Å². The summed E-state index contributed by atoms with van der Waals surface area (Å²) in [6, 6.07) is 14.7. The van der Waals surface area contributed by atoms with Gasteiger partial charge in [-0.05, 0) is 80.5 Å². The van der Waals surface area contributed by atoms with Crippen LogP contribution in [0, 0.1) is 23.2 Å². The Kier molecular flexibility index (Phi) is 5.55. The molecule has 0 N–H and O–H groups in total. The maximum atomic E-state index is 13.3. The standard InChI is InChI=1S/C26H29NO5S/c1-27(21-7-3-2-4-8-21)33(30,31)23-10-6-5-9-22(23)25(29)32-17-24(28)26-14-18-11-19(15-26)13-20(12-18)16-26/h2-10,18-20H,11-17H2,1H3. The molecule has 6 rings (SSSR count). The van der Waals surface area contributed by atoms with Gasteiger partial charge in [-0.2, -0.15) is 0 Å². The highest BCUT2D eigenvalue weighted by atomic mass is 32.2. The molecule has 4 aliphatic carbocycles. The fourth-order valence-electron chi connectivity index (χ4n) is 6.60. The van der Waals surface area contributed by atoms with Crippen LogP contribution in [0.5, 0.6) is 0 Å². The molecule has 0 atom stereocenters. The predicted octanol–water partition coefficient (Wildman–Crippen LogP) is 4.45. The van der Waals surface area contributed by atoms with Crippen LogP contribution >= 0.6 is 0 Å². The number of ether oxygens (including phenoxy) is 1. The lowest BCUT2D eigenvalue weighted by Crippen LogP contribution is -2.51. The number of rotatable bonds is 7. The highest BCUT2D eigenvalue weighted by Crippen LogP contribution is 2.60. The molecule has 0 radical (unpaired) electrons. The van der Waals surface area contributed by atoms with E-state index in [2.05, 4.69) is 0 Å². The molecule has 4 aliphatic rings. The number of hydrogen-bond donors (Lipinski definition) is 0. The molecule has 0 heterocycles. The first-order chi connectivity index (χ1) is 15.8. The summed E-state index contributed by atoms with van der Waals surface area (Å²) in [6.07, 6.45) is 6.40. The maximum Gasteiger partial charge on any atom is 0.339 e. The summed E-state index contributed by atoms with van der Waals surface area (Å²) < 4.78 is 33.1. The van der Waals surface area contributed by atoms with Gasteiger partial charge < -0.3 is 4.74 Å². The van der Waals surface area contributed by atoms with Crippen molar-refractivity contribution in [3.8, 4) is 0 Å². The van der Waals surface area contributed by atoms with Crippen molar-refractivity contribution < 1.29 is 22.7 Å². The number of sulfonamides is 1.